The lowest BCUT2D eigenvalue weighted by atomic mass is 10.1. The van der Waals surface area contributed by atoms with Crippen molar-refractivity contribution in [2.75, 3.05) is 33.4 Å². The summed E-state index contributed by atoms with van der Waals surface area (Å²) in [6.07, 6.45) is 0. The minimum Gasteiger partial charge on any atom is -0.383 e. The van der Waals surface area contributed by atoms with E-state index in [0.29, 0.717) is 19.7 Å². The first kappa shape index (κ1) is 10.9. The molecule has 1 heterocycles. The summed E-state index contributed by atoms with van der Waals surface area (Å²) in [6.45, 7) is 1.50. The summed E-state index contributed by atoms with van der Waals surface area (Å²) in [4.78, 5) is 23.6. The van der Waals surface area contributed by atoms with Crippen LogP contribution in [-0.2, 0) is 14.3 Å². The number of nitrogens with zero attached hydrogens (tertiary/aromatic N) is 1. The van der Waals surface area contributed by atoms with E-state index in [4.69, 9.17) is 10.5 Å². The second-order valence-corrected chi connectivity index (χ2v) is 3.17. The molecule has 1 aliphatic rings. The summed E-state index contributed by atoms with van der Waals surface area (Å²) < 4.78 is 4.76. The molecule has 0 spiro atoms. The van der Waals surface area contributed by atoms with Crippen molar-refractivity contribution >= 4 is 11.8 Å². The van der Waals surface area contributed by atoms with Crippen LogP contribution < -0.4 is 11.1 Å². The van der Waals surface area contributed by atoms with Gasteiger partial charge in [0, 0.05) is 20.2 Å². The first-order valence-electron chi connectivity index (χ1n) is 4.45. The van der Waals surface area contributed by atoms with Crippen LogP contribution in [0.1, 0.15) is 0 Å². The molecule has 0 aromatic carbocycles. The van der Waals surface area contributed by atoms with Gasteiger partial charge >= 0.3 is 0 Å². The highest BCUT2D eigenvalue weighted by molar-refractivity contribution is 5.91. The first-order valence-corrected chi connectivity index (χ1v) is 4.45. The van der Waals surface area contributed by atoms with Crippen LogP contribution >= 0.6 is 0 Å². The number of hydrogen-bond donors (Lipinski definition) is 2. The lowest BCUT2D eigenvalue weighted by Crippen LogP contribution is -2.62. The van der Waals surface area contributed by atoms with E-state index in [2.05, 4.69) is 5.32 Å². The van der Waals surface area contributed by atoms with Crippen LogP contribution in [0.25, 0.3) is 0 Å². The normalized spacial score (nSPS) is 20.6. The molecule has 1 rings (SSSR count). The molecule has 1 unspecified atom stereocenters. The van der Waals surface area contributed by atoms with Crippen molar-refractivity contribution in [3.63, 3.8) is 0 Å². The number of carbonyl (C=O) groups excluding carboxylic acids is 2. The lowest BCUT2D eigenvalue weighted by molar-refractivity contribution is -0.145. The number of nitrogens with one attached hydrogen (secondary N) is 1. The van der Waals surface area contributed by atoms with Crippen LogP contribution in [0.3, 0.4) is 0 Å². The van der Waals surface area contributed by atoms with Gasteiger partial charge in [0.25, 0.3) is 0 Å². The number of rotatable bonds is 5. The number of methoxy groups -OCH3 is 1. The molecule has 1 aliphatic heterocycles. The molecule has 14 heavy (non-hydrogen) atoms. The summed E-state index contributed by atoms with van der Waals surface area (Å²) in [5, 5.41) is 2.62. The Kier molecular flexibility index (Phi) is 3.84. The van der Waals surface area contributed by atoms with Gasteiger partial charge in [0.2, 0.25) is 11.8 Å². The van der Waals surface area contributed by atoms with E-state index in [-0.39, 0.29) is 18.4 Å². The van der Waals surface area contributed by atoms with E-state index < -0.39 is 6.04 Å². The van der Waals surface area contributed by atoms with Crippen LogP contribution in [0.2, 0.25) is 0 Å². The van der Waals surface area contributed by atoms with E-state index in [1.807, 2.05) is 0 Å². The second kappa shape index (κ2) is 4.92. The van der Waals surface area contributed by atoms with Crippen molar-refractivity contribution in [2.24, 2.45) is 5.73 Å². The van der Waals surface area contributed by atoms with E-state index in [1.165, 1.54) is 4.90 Å². The van der Waals surface area contributed by atoms with Gasteiger partial charge in [0.1, 0.15) is 6.04 Å². The molecule has 3 N–H and O–H groups in total. The number of hydrogen-bond acceptors (Lipinski definition) is 4. The zero-order chi connectivity index (χ0) is 10.6. The minimum absolute atomic E-state index is 0.0935. The lowest BCUT2D eigenvalue weighted by Gasteiger charge is -2.35. The van der Waals surface area contributed by atoms with Gasteiger partial charge in [-0.3, -0.25) is 9.59 Å². The fraction of sp³-hybridized carbons (Fsp3) is 0.750. The molecule has 0 aliphatic carbocycles. The molecule has 0 aromatic rings. The van der Waals surface area contributed by atoms with Gasteiger partial charge < -0.3 is 20.7 Å². The Morgan fingerprint density at radius 1 is 1.79 bits per heavy atom. The molecule has 6 heteroatoms. The summed E-state index contributed by atoms with van der Waals surface area (Å²) in [5.74, 6) is -0.339. The largest absolute Gasteiger partial charge is 0.383 e. The Hall–Kier alpha value is -1.14. The topological polar surface area (TPSA) is 84.7 Å². The van der Waals surface area contributed by atoms with Crippen molar-refractivity contribution in [1.29, 1.82) is 0 Å². The number of β-lactam (4-membered cyclic amide) rings is 1. The van der Waals surface area contributed by atoms with Crippen molar-refractivity contribution < 1.29 is 14.3 Å². The van der Waals surface area contributed by atoms with E-state index in [9.17, 15) is 9.59 Å². The van der Waals surface area contributed by atoms with Gasteiger partial charge in [-0.25, -0.2) is 0 Å². The number of likely N-dealkylation sites (tertiary alicyclic amines) is 1. The van der Waals surface area contributed by atoms with Crippen molar-refractivity contribution in [2.45, 2.75) is 6.04 Å². The fourth-order valence-corrected chi connectivity index (χ4v) is 1.19. The highest BCUT2D eigenvalue weighted by Crippen LogP contribution is 2.05. The van der Waals surface area contributed by atoms with Crippen molar-refractivity contribution in [1.82, 2.24) is 10.2 Å². The third-order valence-electron chi connectivity index (χ3n) is 2.01. The van der Waals surface area contributed by atoms with Gasteiger partial charge in [-0.1, -0.05) is 0 Å². The maximum atomic E-state index is 11.2. The molecule has 6 nitrogen and oxygen atoms in total. The fourth-order valence-electron chi connectivity index (χ4n) is 1.19. The molecule has 0 saturated carbocycles. The maximum Gasteiger partial charge on any atom is 0.241 e. The third-order valence-corrected chi connectivity index (χ3v) is 2.01. The Balaban J connectivity index is 2.12. The summed E-state index contributed by atoms with van der Waals surface area (Å²) in [7, 11) is 1.56. The average Bonchev–Trinajstić information content (AvgIpc) is 2.17. The maximum absolute atomic E-state index is 11.2. The first-order chi connectivity index (χ1) is 6.65. The van der Waals surface area contributed by atoms with E-state index in [1.54, 1.807) is 7.11 Å². The molecule has 1 atom stereocenters. The van der Waals surface area contributed by atoms with Crippen LogP contribution in [0.15, 0.2) is 0 Å². The predicted molar refractivity (Wildman–Crippen MR) is 49.4 cm³/mol. The number of amides is 2. The van der Waals surface area contributed by atoms with Crippen LogP contribution in [0.4, 0.5) is 0 Å². The molecule has 80 valence electrons. The zero-order valence-electron chi connectivity index (χ0n) is 8.16. The standard InChI is InChI=1S/C8H15N3O3/c1-14-3-2-10-7(12)5-11-4-6(9)8(11)13/h6H,2-5,9H2,1H3,(H,10,12). The van der Waals surface area contributed by atoms with Gasteiger partial charge in [-0.05, 0) is 0 Å². The second-order valence-electron chi connectivity index (χ2n) is 3.17. The van der Waals surface area contributed by atoms with E-state index >= 15 is 0 Å². The van der Waals surface area contributed by atoms with Crippen molar-refractivity contribution in [3.05, 3.63) is 0 Å². The summed E-state index contributed by atoms with van der Waals surface area (Å²) in [6, 6.07) is -0.415. The SMILES string of the molecule is COCCNC(=O)CN1CC(N)C1=O. The zero-order valence-corrected chi connectivity index (χ0v) is 8.16. The molecule has 1 saturated heterocycles. The molecule has 1 fully saturated rings. The molecular weight excluding hydrogens is 186 g/mol. The number of carbonyl (C=O) groups is 2. The predicted octanol–water partition coefficient (Wildman–Crippen LogP) is -2.08. The highest BCUT2D eigenvalue weighted by Gasteiger charge is 2.34. The van der Waals surface area contributed by atoms with Gasteiger partial charge in [-0.15, -0.1) is 0 Å². The van der Waals surface area contributed by atoms with Gasteiger partial charge in [0.15, 0.2) is 0 Å². The number of ether oxygens (including phenoxy) is 1. The smallest absolute Gasteiger partial charge is 0.241 e. The Morgan fingerprint density at radius 3 is 3.00 bits per heavy atom. The van der Waals surface area contributed by atoms with Crippen LogP contribution in [0.5, 0.6) is 0 Å². The quantitative estimate of drug-likeness (QED) is 0.395. The molecular formula is C8H15N3O3. The summed E-state index contributed by atoms with van der Waals surface area (Å²) in [5.41, 5.74) is 5.37. The van der Waals surface area contributed by atoms with Crippen molar-refractivity contribution in [3.8, 4) is 0 Å². The van der Waals surface area contributed by atoms with Crippen LogP contribution in [0, 0.1) is 0 Å². The summed E-state index contributed by atoms with van der Waals surface area (Å²) >= 11 is 0. The highest BCUT2D eigenvalue weighted by atomic mass is 16.5. The molecule has 0 bridgehead atoms. The van der Waals surface area contributed by atoms with Crippen LogP contribution in [-0.4, -0.2) is 56.1 Å². The van der Waals surface area contributed by atoms with E-state index in [0.717, 1.165) is 0 Å². The minimum atomic E-state index is -0.415. The molecule has 2 amide bonds. The monoisotopic (exact) mass is 201 g/mol. The average molecular weight is 201 g/mol. The van der Waals surface area contributed by atoms with Gasteiger partial charge in [-0.2, -0.15) is 0 Å². The molecule has 0 radical (unpaired) electrons. The third kappa shape index (κ3) is 2.68. The van der Waals surface area contributed by atoms with Gasteiger partial charge in [0.05, 0.1) is 13.2 Å². The Labute approximate surface area is 82.4 Å². The Morgan fingerprint density at radius 2 is 2.50 bits per heavy atom. The molecule has 0 aromatic heterocycles. The number of nitrogens with two attached hydrogens (primary N) is 1. The Bertz CT molecular complexity index is 232.